The number of morpholine rings is 1. The molecule has 0 saturated carbocycles. The zero-order valence-electron chi connectivity index (χ0n) is 18.0. The van der Waals surface area contributed by atoms with Gasteiger partial charge in [0.15, 0.2) is 5.13 Å². The molecule has 2 aromatic heterocycles. The number of thiazole rings is 1. The Morgan fingerprint density at radius 1 is 0.971 bits per heavy atom. The number of aromatic nitrogens is 2. The molecule has 1 aliphatic heterocycles. The van der Waals surface area contributed by atoms with Gasteiger partial charge in [0.1, 0.15) is 11.5 Å². The van der Waals surface area contributed by atoms with E-state index in [-0.39, 0.29) is 11.5 Å². The van der Waals surface area contributed by atoms with E-state index in [9.17, 15) is 14.0 Å². The van der Waals surface area contributed by atoms with Crippen molar-refractivity contribution in [2.75, 3.05) is 31.2 Å². The van der Waals surface area contributed by atoms with Gasteiger partial charge in [-0.2, -0.15) is 0 Å². The van der Waals surface area contributed by atoms with Gasteiger partial charge in [0, 0.05) is 29.4 Å². The summed E-state index contributed by atoms with van der Waals surface area (Å²) >= 11 is 1.37. The van der Waals surface area contributed by atoms with Gasteiger partial charge in [-0.15, -0.1) is 11.3 Å². The molecule has 4 aromatic rings. The molecule has 1 fully saturated rings. The number of carbonyl (C=O) groups excluding carboxylic acids is 2. The highest BCUT2D eigenvalue weighted by atomic mass is 32.1. The van der Waals surface area contributed by atoms with Gasteiger partial charge in [0.25, 0.3) is 11.8 Å². The van der Waals surface area contributed by atoms with Gasteiger partial charge in [-0.05, 0) is 36.4 Å². The summed E-state index contributed by atoms with van der Waals surface area (Å²) in [6.45, 7) is 2.68. The van der Waals surface area contributed by atoms with E-state index in [1.165, 1.54) is 23.5 Å². The van der Waals surface area contributed by atoms with Crippen molar-refractivity contribution in [3.8, 4) is 11.3 Å². The number of carbonyl (C=O) groups is 2. The molecule has 10 heteroatoms. The molecule has 34 heavy (non-hydrogen) atoms. The number of nitrogens with zero attached hydrogens (tertiary/aromatic N) is 3. The fourth-order valence-corrected chi connectivity index (χ4v) is 4.50. The number of rotatable bonds is 4. The van der Waals surface area contributed by atoms with Crippen LogP contribution in [0.5, 0.6) is 0 Å². The lowest BCUT2D eigenvalue weighted by molar-refractivity contribution is 0.0845. The zero-order chi connectivity index (χ0) is 23.5. The second-order valence-electron chi connectivity index (χ2n) is 7.60. The third-order valence-corrected chi connectivity index (χ3v) is 6.30. The Bertz CT molecular complexity index is 1350. The molecule has 0 radical (unpaired) electrons. The molecular formula is C24H20FN5O3S. The molecule has 0 bridgehead atoms. The van der Waals surface area contributed by atoms with Crippen LogP contribution in [-0.2, 0) is 4.74 Å². The summed E-state index contributed by atoms with van der Waals surface area (Å²) in [4.78, 5) is 36.7. The first-order chi connectivity index (χ1) is 16.6. The lowest BCUT2D eigenvalue weighted by Gasteiger charge is -2.25. The largest absolute Gasteiger partial charge is 0.378 e. The van der Waals surface area contributed by atoms with Crippen molar-refractivity contribution in [2.45, 2.75) is 0 Å². The molecule has 1 aliphatic rings. The van der Waals surface area contributed by atoms with Crippen LogP contribution in [0, 0.1) is 5.82 Å². The number of hydrogen-bond acceptors (Lipinski definition) is 7. The Kier molecular flexibility index (Phi) is 6.15. The smallest absolute Gasteiger partial charge is 0.289 e. The predicted molar refractivity (Wildman–Crippen MR) is 127 cm³/mol. The predicted octanol–water partition coefficient (Wildman–Crippen LogP) is 3.41. The van der Waals surface area contributed by atoms with Gasteiger partial charge in [-0.3, -0.25) is 20.4 Å². The fourth-order valence-electron chi connectivity index (χ4n) is 3.65. The van der Waals surface area contributed by atoms with Gasteiger partial charge in [0.2, 0.25) is 0 Å². The molecular weight excluding hydrogens is 457 g/mol. The molecule has 0 atom stereocenters. The molecule has 3 heterocycles. The van der Waals surface area contributed by atoms with Crippen molar-refractivity contribution in [2.24, 2.45) is 0 Å². The van der Waals surface area contributed by atoms with Gasteiger partial charge in [-0.25, -0.2) is 14.4 Å². The minimum absolute atomic E-state index is 0.221. The Balaban J connectivity index is 1.34. The second-order valence-corrected chi connectivity index (χ2v) is 8.44. The number of para-hydroxylation sites is 1. The number of hydrogen-bond donors (Lipinski definition) is 2. The minimum atomic E-state index is -0.513. The first-order valence-electron chi connectivity index (χ1n) is 10.6. The maximum Gasteiger partial charge on any atom is 0.289 e. The van der Waals surface area contributed by atoms with E-state index in [0.29, 0.717) is 40.9 Å². The summed E-state index contributed by atoms with van der Waals surface area (Å²) < 4.78 is 18.7. The van der Waals surface area contributed by atoms with Crippen LogP contribution in [0.15, 0.2) is 60.0 Å². The maximum atomic E-state index is 13.3. The van der Waals surface area contributed by atoms with Crippen molar-refractivity contribution in [1.29, 1.82) is 0 Å². The maximum absolute atomic E-state index is 13.3. The minimum Gasteiger partial charge on any atom is -0.378 e. The van der Waals surface area contributed by atoms with Crippen LogP contribution in [0.3, 0.4) is 0 Å². The Morgan fingerprint density at radius 2 is 1.71 bits per heavy atom. The number of halogens is 1. The van der Waals surface area contributed by atoms with Crippen LogP contribution in [-0.4, -0.2) is 48.1 Å². The summed E-state index contributed by atoms with van der Waals surface area (Å²) in [7, 11) is 0. The standard InChI is InChI=1S/C24H20FN5O3S/c25-16-7-5-15(6-8-16)20-13-18(17-3-1-2-4-19(17)26-20)22(31)28-29-23(32)21-14-34-24(27-21)30-9-11-33-12-10-30/h1-8,13-14H,9-12H2,(H,28,31)(H,29,32). The Hall–Kier alpha value is -3.89. The molecule has 2 N–H and O–H groups in total. The van der Waals surface area contributed by atoms with E-state index < -0.39 is 11.8 Å². The summed E-state index contributed by atoms with van der Waals surface area (Å²) in [5, 5.41) is 3.02. The number of nitrogens with one attached hydrogen (secondary N) is 2. The summed E-state index contributed by atoms with van der Waals surface area (Å²) in [6, 6.07) is 14.7. The van der Waals surface area contributed by atoms with Crippen molar-refractivity contribution in [3.05, 3.63) is 77.1 Å². The van der Waals surface area contributed by atoms with Gasteiger partial charge >= 0.3 is 0 Å². The van der Waals surface area contributed by atoms with Crippen LogP contribution < -0.4 is 15.8 Å². The normalized spacial score (nSPS) is 13.6. The zero-order valence-corrected chi connectivity index (χ0v) is 18.8. The lowest BCUT2D eigenvalue weighted by atomic mass is 10.0. The number of anilines is 1. The van der Waals surface area contributed by atoms with Gasteiger partial charge < -0.3 is 9.64 Å². The quantitative estimate of drug-likeness (QED) is 0.438. The van der Waals surface area contributed by atoms with Crippen molar-refractivity contribution in [1.82, 2.24) is 20.8 Å². The van der Waals surface area contributed by atoms with E-state index >= 15 is 0 Å². The molecule has 2 aromatic carbocycles. The number of benzene rings is 2. The summed E-state index contributed by atoms with van der Waals surface area (Å²) in [5.74, 6) is -1.37. The first kappa shape index (κ1) is 21.9. The highest BCUT2D eigenvalue weighted by Gasteiger charge is 2.19. The topological polar surface area (TPSA) is 96.5 Å². The summed E-state index contributed by atoms with van der Waals surface area (Å²) in [5.41, 5.74) is 7.25. The van der Waals surface area contributed by atoms with Crippen LogP contribution in [0.1, 0.15) is 20.8 Å². The van der Waals surface area contributed by atoms with E-state index in [2.05, 4.69) is 25.7 Å². The first-order valence-corrected chi connectivity index (χ1v) is 11.5. The third-order valence-electron chi connectivity index (χ3n) is 5.40. The van der Waals surface area contributed by atoms with E-state index in [1.807, 2.05) is 6.07 Å². The van der Waals surface area contributed by atoms with E-state index in [0.717, 1.165) is 18.2 Å². The number of amides is 2. The molecule has 8 nitrogen and oxygen atoms in total. The van der Waals surface area contributed by atoms with Crippen LogP contribution in [0.25, 0.3) is 22.2 Å². The van der Waals surface area contributed by atoms with Crippen LogP contribution in [0.4, 0.5) is 9.52 Å². The SMILES string of the molecule is O=C(NNC(=O)c1cc(-c2ccc(F)cc2)nc2ccccc12)c1csc(N2CCOCC2)n1. The average Bonchev–Trinajstić information content (AvgIpc) is 3.38. The fraction of sp³-hybridized carbons (Fsp3) is 0.167. The van der Waals surface area contributed by atoms with Gasteiger partial charge in [-0.1, -0.05) is 18.2 Å². The van der Waals surface area contributed by atoms with Crippen LogP contribution in [0.2, 0.25) is 0 Å². The number of pyridine rings is 1. The highest BCUT2D eigenvalue weighted by molar-refractivity contribution is 7.13. The van der Waals surface area contributed by atoms with E-state index in [4.69, 9.17) is 4.74 Å². The molecule has 0 spiro atoms. The lowest BCUT2D eigenvalue weighted by Crippen LogP contribution is -2.42. The highest BCUT2D eigenvalue weighted by Crippen LogP contribution is 2.25. The van der Waals surface area contributed by atoms with Gasteiger partial charge in [0.05, 0.1) is 30.0 Å². The van der Waals surface area contributed by atoms with Crippen molar-refractivity contribution < 1.29 is 18.7 Å². The third kappa shape index (κ3) is 4.59. The van der Waals surface area contributed by atoms with Crippen molar-refractivity contribution >= 4 is 39.2 Å². The summed E-state index contributed by atoms with van der Waals surface area (Å²) in [6.07, 6.45) is 0. The average molecular weight is 478 g/mol. The van der Waals surface area contributed by atoms with E-state index in [1.54, 1.807) is 41.8 Å². The molecule has 0 aliphatic carbocycles. The van der Waals surface area contributed by atoms with Crippen LogP contribution >= 0.6 is 11.3 Å². The molecule has 0 unspecified atom stereocenters. The number of hydrazine groups is 1. The monoisotopic (exact) mass is 477 g/mol. The molecule has 1 saturated heterocycles. The Labute approximate surface area is 198 Å². The van der Waals surface area contributed by atoms with Crippen molar-refractivity contribution in [3.63, 3.8) is 0 Å². The molecule has 2 amide bonds. The Morgan fingerprint density at radius 3 is 2.50 bits per heavy atom. The second kappa shape index (κ2) is 9.54. The number of ether oxygens (including phenoxy) is 1. The molecule has 172 valence electrons. The number of fused-ring (bicyclic) bond motifs is 1. The molecule has 5 rings (SSSR count).